The Morgan fingerprint density at radius 1 is 1.15 bits per heavy atom. The SMILES string of the molecule is Cc1cc(-c2ccc(CC(=O)Nc3cc(C(C)(C)C)on3)cc2)cnc1N. The van der Waals surface area contributed by atoms with Crippen molar-refractivity contribution in [2.45, 2.75) is 39.5 Å². The summed E-state index contributed by atoms with van der Waals surface area (Å²) < 4.78 is 5.28. The molecular formula is C21H24N4O2. The van der Waals surface area contributed by atoms with Crippen LogP contribution in [0.3, 0.4) is 0 Å². The van der Waals surface area contributed by atoms with Gasteiger partial charge in [-0.25, -0.2) is 4.98 Å². The number of nitrogen functional groups attached to an aromatic ring is 1. The van der Waals surface area contributed by atoms with Gasteiger partial charge in [0.05, 0.1) is 6.42 Å². The summed E-state index contributed by atoms with van der Waals surface area (Å²) >= 11 is 0. The largest absolute Gasteiger partial charge is 0.383 e. The van der Waals surface area contributed by atoms with Crippen LogP contribution in [0, 0.1) is 6.92 Å². The van der Waals surface area contributed by atoms with Gasteiger partial charge < -0.3 is 15.6 Å². The van der Waals surface area contributed by atoms with Crippen molar-refractivity contribution >= 4 is 17.5 Å². The Morgan fingerprint density at radius 3 is 2.44 bits per heavy atom. The zero-order chi connectivity index (χ0) is 19.6. The fourth-order valence-corrected chi connectivity index (χ4v) is 2.62. The molecule has 6 heteroatoms. The molecule has 0 aliphatic heterocycles. The van der Waals surface area contributed by atoms with Crippen molar-refractivity contribution < 1.29 is 9.32 Å². The fraction of sp³-hybridized carbons (Fsp3) is 0.286. The van der Waals surface area contributed by atoms with Gasteiger partial charge in [-0.15, -0.1) is 0 Å². The van der Waals surface area contributed by atoms with Gasteiger partial charge in [-0.2, -0.15) is 0 Å². The third-order valence-electron chi connectivity index (χ3n) is 4.29. The lowest BCUT2D eigenvalue weighted by Gasteiger charge is -2.12. The molecule has 0 atom stereocenters. The van der Waals surface area contributed by atoms with Crippen molar-refractivity contribution in [1.82, 2.24) is 10.1 Å². The fourth-order valence-electron chi connectivity index (χ4n) is 2.62. The highest BCUT2D eigenvalue weighted by atomic mass is 16.5. The van der Waals surface area contributed by atoms with E-state index in [1.807, 2.05) is 58.0 Å². The van der Waals surface area contributed by atoms with Crippen LogP contribution in [0.25, 0.3) is 11.1 Å². The average Bonchev–Trinajstić information content (AvgIpc) is 3.07. The first-order valence-corrected chi connectivity index (χ1v) is 8.81. The summed E-state index contributed by atoms with van der Waals surface area (Å²) in [6.07, 6.45) is 2.01. The summed E-state index contributed by atoms with van der Waals surface area (Å²) in [5, 5.41) is 6.68. The summed E-state index contributed by atoms with van der Waals surface area (Å²) in [4.78, 5) is 16.5. The summed E-state index contributed by atoms with van der Waals surface area (Å²) in [6, 6.07) is 11.6. The number of nitrogens with zero attached hydrogens (tertiary/aromatic N) is 2. The third-order valence-corrected chi connectivity index (χ3v) is 4.29. The first-order chi connectivity index (χ1) is 12.7. The number of anilines is 2. The van der Waals surface area contributed by atoms with Crippen LogP contribution in [-0.2, 0) is 16.6 Å². The highest BCUT2D eigenvalue weighted by Crippen LogP contribution is 2.25. The van der Waals surface area contributed by atoms with Gasteiger partial charge >= 0.3 is 0 Å². The third kappa shape index (κ3) is 4.53. The molecule has 0 saturated heterocycles. The van der Waals surface area contributed by atoms with E-state index in [4.69, 9.17) is 10.3 Å². The van der Waals surface area contributed by atoms with Gasteiger partial charge in [0.15, 0.2) is 5.82 Å². The van der Waals surface area contributed by atoms with Crippen molar-refractivity contribution in [2.75, 3.05) is 11.1 Å². The topological polar surface area (TPSA) is 94.0 Å². The van der Waals surface area contributed by atoms with Gasteiger partial charge in [-0.05, 0) is 29.7 Å². The molecule has 6 nitrogen and oxygen atoms in total. The minimum Gasteiger partial charge on any atom is -0.383 e. The Bertz CT molecular complexity index is 953. The number of pyridine rings is 1. The van der Waals surface area contributed by atoms with Crippen LogP contribution in [0.5, 0.6) is 0 Å². The molecular weight excluding hydrogens is 340 g/mol. The Balaban J connectivity index is 1.64. The summed E-state index contributed by atoms with van der Waals surface area (Å²) in [5.41, 5.74) is 9.50. The van der Waals surface area contributed by atoms with Gasteiger partial charge in [0, 0.05) is 23.2 Å². The zero-order valence-corrected chi connectivity index (χ0v) is 16.0. The second-order valence-corrected chi connectivity index (χ2v) is 7.67. The van der Waals surface area contributed by atoms with Crippen LogP contribution in [-0.4, -0.2) is 16.0 Å². The standard InChI is InChI=1S/C21H24N4O2/c1-13-9-16(12-23-20(13)22)15-7-5-14(6-8-15)10-19(26)24-18-11-17(27-25-18)21(2,3)4/h5-9,11-12H,10H2,1-4H3,(H2,22,23)(H,24,25,26). The molecule has 0 radical (unpaired) electrons. The monoisotopic (exact) mass is 364 g/mol. The molecule has 27 heavy (non-hydrogen) atoms. The maximum absolute atomic E-state index is 12.3. The molecule has 0 saturated carbocycles. The smallest absolute Gasteiger partial charge is 0.230 e. The lowest BCUT2D eigenvalue weighted by atomic mass is 9.93. The van der Waals surface area contributed by atoms with E-state index in [0.717, 1.165) is 28.0 Å². The molecule has 0 bridgehead atoms. The maximum Gasteiger partial charge on any atom is 0.230 e. The number of aryl methyl sites for hydroxylation is 1. The Hall–Kier alpha value is -3.15. The van der Waals surface area contributed by atoms with Crippen molar-refractivity contribution in [3.05, 3.63) is 59.5 Å². The number of nitrogens with one attached hydrogen (secondary N) is 1. The molecule has 0 aliphatic carbocycles. The van der Waals surface area contributed by atoms with E-state index < -0.39 is 0 Å². The number of aromatic nitrogens is 2. The first kappa shape index (κ1) is 18.6. The number of nitrogens with two attached hydrogens (primary N) is 1. The molecule has 0 unspecified atom stereocenters. The van der Waals surface area contributed by atoms with Crippen LogP contribution in [0.2, 0.25) is 0 Å². The van der Waals surface area contributed by atoms with Crippen LogP contribution in [0.1, 0.15) is 37.7 Å². The van der Waals surface area contributed by atoms with Crippen LogP contribution in [0.15, 0.2) is 47.1 Å². The van der Waals surface area contributed by atoms with Crippen molar-refractivity contribution in [2.24, 2.45) is 0 Å². The molecule has 2 aromatic heterocycles. The van der Waals surface area contributed by atoms with Gasteiger partial charge in [-0.1, -0.05) is 50.2 Å². The highest BCUT2D eigenvalue weighted by Gasteiger charge is 2.20. The molecule has 0 fully saturated rings. The molecule has 0 aliphatic rings. The molecule has 140 valence electrons. The molecule has 1 amide bonds. The zero-order valence-electron chi connectivity index (χ0n) is 16.0. The van der Waals surface area contributed by atoms with E-state index in [0.29, 0.717) is 11.6 Å². The number of benzene rings is 1. The number of hydrogen-bond donors (Lipinski definition) is 2. The minimum absolute atomic E-state index is 0.137. The number of amides is 1. The van der Waals surface area contributed by atoms with Crippen LogP contribution < -0.4 is 11.1 Å². The molecule has 0 spiro atoms. The van der Waals surface area contributed by atoms with E-state index in [9.17, 15) is 4.79 Å². The summed E-state index contributed by atoms with van der Waals surface area (Å²) in [5.74, 6) is 1.57. The Labute approximate surface area is 158 Å². The summed E-state index contributed by atoms with van der Waals surface area (Å²) in [7, 11) is 0. The van der Waals surface area contributed by atoms with Crippen molar-refractivity contribution in [3.63, 3.8) is 0 Å². The van der Waals surface area contributed by atoms with E-state index in [-0.39, 0.29) is 17.7 Å². The van der Waals surface area contributed by atoms with E-state index in [1.54, 1.807) is 12.3 Å². The van der Waals surface area contributed by atoms with E-state index in [1.165, 1.54) is 0 Å². The average molecular weight is 364 g/mol. The second kappa shape index (κ2) is 7.23. The van der Waals surface area contributed by atoms with Gasteiger partial charge in [0.25, 0.3) is 0 Å². The lowest BCUT2D eigenvalue weighted by molar-refractivity contribution is -0.115. The molecule has 1 aromatic carbocycles. The van der Waals surface area contributed by atoms with E-state index in [2.05, 4.69) is 15.5 Å². The normalized spacial score (nSPS) is 11.4. The van der Waals surface area contributed by atoms with Gasteiger partial charge in [0.1, 0.15) is 11.6 Å². The Kier molecular flexibility index (Phi) is 4.99. The molecule has 2 heterocycles. The molecule has 3 aromatic rings. The second-order valence-electron chi connectivity index (χ2n) is 7.67. The minimum atomic E-state index is -0.152. The van der Waals surface area contributed by atoms with E-state index >= 15 is 0 Å². The number of hydrogen-bond acceptors (Lipinski definition) is 5. The van der Waals surface area contributed by atoms with Crippen molar-refractivity contribution in [3.8, 4) is 11.1 Å². The number of carbonyl (C=O) groups excluding carboxylic acids is 1. The maximum atomic E-state index is 12.3. The highest BCUT2D eigenvalue weighted by molar-refractivity contribution is 5.91. The van der Waals surface area contributed by atoms with Crippen molar-refractivity contribution in [1.29, 1.82) is 0 Å². The number of rotatable bonds is 4. The van der Waals surface area contributed by atoms with Gasteiger partial charge in [0.2, 0.25) is 5.91 Å². The summed E-state index contributed by atoms with van der Waals surface area (Å²) in [6.45, 7) is 8.01. The molecule has 3 N–H and O–H groups in total. The predicted octanol–water partition coefficient (Wildman–Crippen LogP) is 4.11. The van der Waals surface area contributed by atoms with Crippen LogP contribution in [0.4, 0.5) is 11.6 Å². The Morgan fingerprint density at radius 2 is 1.85 bits per heavy atom. The van der Waals surface area contributed by atoms with Crippen LogP contribution >= 0.6 is 0 Å². The quantitative estimate of drug-likeness (QED) is 0.727. The predicted molar refractivity (Wildman–Crippen MR) is 106 cm³/mol. The molecule has 3 rings (SSSR count). The van der Waals surface area contributed by atoms with Gasteiger partial charge in [-0.3, -0.25) is 4.79 Å². The lowest BCUT2D eigenvalue weighted by Crippen LogP contribution is -2.14. The number of carbonyl (C=O) groups is 1. The first-order valence-electron chi connectivity index (χ1n) is 8.81.